The Kier molecular flexibility index (Phi) is 9.27. The van der Waals surface area contributed by atoms with Crippen molar-refractivity contribution in [2.45, 2.75) is 64.3 Å². The van der Waals surface area contributed by atoms with E-state index in [4.69, 9.17) is 15.7 Å². The van der Waals surface area contributed by atoms with Gasteiger partial charge in [0.25, 0.3) is 0 Å². The highest BCUT2D eigenvalue weighted by molar-refractivity contribution is 5.00. The molecule has 0 spiro atoms. The zero-order valence-electron chi connectivity index (χ0n) is 10.8. The van der Waals surface area contributed by atoms with Gasteiger partial charge in [0, 0.05) is 13.2 Å². The van der Waals surface area contributed by atoms with E-state index in [1.54, 1.807) is 6.92 Å². The van der Waals surface area contributed by atoms with Crippen LogP contribution < -0.4 is 5.73 Å². The van der Waals surface area contributed by atoms with E-state index in [2.05, 4.69) is 13.0 Å². The molecule has 0 saturated carbocycles. The highest BCUT2D eigenvalue weighted by atomic mass is 16.5. The molecule has 2 N–H and O–H groups in total. The minimum absolute atomic E-state index is 0.690. The Labute approximate surface area is 100.0 Å². The van der Waals surface area contributed by atoms with Crippen molar-refractivity contribution >= 4 is 0 Å². The summed E-state index contributed by atoms with van der Waals surface area (Å²) in [4.78, 5) is 0. The van der Waals surface area contributed by atoms with Crippen LogP contribution in [0, 0.1) is 11.3 Å². The van der Waals surface area contributed by atoms with Gasteiger partial charge in [0.15, 0.2) is 0 Å². The summed E-state index contributed by atoms with van der Waals surface area (Å²) in [5.74, 6) is 0. The van der Waals surface area contributed by atoms with Crippen LogP contribution in [0.3, 0.4) is 0 Å². The van der Waals surface area contributed by atoms with Crippen molar-refractivity contribution in [1.29, 1.82) is 5.26 Å². The molecule has 16 heavy (non-hydrogen) atoms. The molecule has 1 unspecified atom stereocenters. The molecule has 0 aromatic heterocycles. The largest absolute Gasteiger partial charge is 0.381 e. The minimum Gasteiger partial charge on any atom is -0.381 e. The molecular weight excluding hydrogens is 200 g/mol. The Morgan fingerprint density at radius 3 is 2.38 bits per heavy atom. The molecule has 0 amide bonds. The number of ether oxygens (including phenoxy) is 1. The molecule has 0 aliphatic rings. The third-order valence-electron chi connectivity index (χ3n) is 2.63. The molecule has 0 saturated heterocycles. The van der Waals surface area contributed by atoms with E-state index in [1.165, 1.54) is 25.7 Å². The van der Waals surface area contributed by atoms with Gasteiger partial charge in [-0.25, -0.2) is 0 Å². The summed E-state index contributed by atoms with van der Waals surface area (Å²) in [6.07, 6.45) is 7.92. The van der Waals surface area contributed by atoms with Gasteiger partial charge in [0.1, 0.15) is 5.54 Å². The smallest absolute Gasteiger partial charge is 0.101 e. The lowest BCUT2D eigenvalue weighted by molar-refractivity contribution is 0.123. The zero-order chi connectivity index (χ0) is 12.3. The molecule has 3 nitrogen and oxygen atoms in total. The second-order valence-corrected chi connectivity index (χ2v) is 4.66. The van der Waals surface area contributed by atoms with Crippen molar-refractivity contribution in [3.63, 3.8) is 0 Å². The summed E-state index contributed by atoms with van der Waals surface area (Å²) in [7, 11) is 0. The van der Waals surface area contributed by atoms with Gasteiger partial charge < -0.3 is 10.5 Å². The molecule has 0 aromatic carbocycles. The van der Waals surface area contributed by atoms with Gasteiger partial charge >= 0.3 is 0 Å². The summed E-state index contributed by atoms with van der Waals surface area (Å²) in [6.45, 7) is 5.55. The summed E-state index contributed by atoms with van der Waals surface area (Å²) in [5.41, 5.74) is 5.01. The number of hydrogen-bond donors (Lipinski definition) is 1. The maximum absolute atomic E-state index is 8.70. The Hall–Kier alpha value is -0.590. The maximum Gasteiger partial charge on any atom is 0.101 e. The quantitative estimate of drug-likeness (QED) is 0.582. The fourth-order valence-electron chi connectivity index (χ4n) is 1.51. The molecule has 0 bridgehead atoms. The lowest BCUT2D eigenvalue weighted by Crippen LogP contribution is -2.34. The third kappa shape index (κ3) is 9.95. The first-order chi connectivity index (χ1) is 7.62. The molecular formula is C13H26N2O. The highest BCUT2D eigenvalue weighted by Gasteiger charge is 2.15. The van der Waals surface area contributed by atoms with E-state index in [-0.39, 0.29) is 0 Å². The van der Waals surface area contributed by atoms with Crippen LogP contribution in [0.25, 0.3) is 0 Å². The summed E-state index contributed by atoms with van der Waals surface area (Å²) >= 11 is 0. The Balaban J connectivity index is 3.14. The van der Waals surface area contributed by atoms with Gasteiger partial charge in [0.2, 0.25) is 0 Å². The number of nitrogens with zero attached hydrogens (tertiary/aromatic N) is 1. The van der Waals surface area contributed by atoms with Crippen molar-refractivity contribution in [2.75, 3.05) is 13.2 Å². The molecule has 3 heteroatoms. The predicted molar refractivity (Wildman–Crippen MR) is 67.0 cm³/mol. The standard InChI is InChI=1S/C13H26N2O/c1-3-4-5-6-7-10-16-11-8-9-13(2,15)12-14/h3-11,15H2,1-2H3. The fourth-order valence-corrected chi connectivity index (χ4v) is 1.51. The van der Waals surface area contributed by atoms with Crippen LogP contribution >= 0.6 is 0 Å². The second-order valence-electron chi connectivity index (χ2n) is 4.66. The number of hydrogen-bond acceptors (Lipinski definition) is 3. The van der Waals surface area contributed by atoms with Crippen molar-refractivity contribution < 1.29 is 4.74 Å². The van der Waals surface area contributed by atoms with Gasteiger partial charge in [-0.3, -0.25) is 0 Å². The van der Waals surface area contributed by atoms with Gasteiger partial charge in [0.05, 0.1) is 6.07 Å². The molecule has 0 aliphatic heterocycles. The average molecular weight is 226 g/mol. The number of nitrogens with two attached hydrogens (primary N) is 1. The summed E-state index contributed by atoms with van der Waals surface area (Å²) in [6, 6.07) is 2.09. The minimum atomic E-state index is -0.690. The first kappa shape index (κ1) is 15.4. The highest BCUT2D eigenvalue weighted by Crippen LogP contribution is 2.07. The summed E-state index contributed by atoms with van der Waals surface area (Å²) in [5, 5.41) is 8.70. The van der Waals surface area contributed by atoms with Crippen LogP contribution in [0.15, 0.2) is 0 Å². The Morgan fingerprint density at radius 2 is 1.75 bits per heavy atom. The van der Waals surface area contributed by atoms with Gasteiger partial charge in [-0.1, -0.05) is 32.6 Å². The summed E-state index contributed by atoms with van der Waals surface area (Å²) < 4.78 is 5.49. The van der Waals surface area contributed by atoms with E-state index in [1.807, 2.05) is 0 Å². The lowest BCUT2D eigenvalue weighted by atomic mass is 10.00. The van der Waals surface area contributed by atoms with Crippen molar-refractivity contribution in [3.8, 4) is 6.07 Å². The fraction of sp³-hybridized carbons (Fsp3) is 0.923. The van der Waals surface area contributed by atoms with Crippen molar-refractivity contribution in [2.24, 2.45) is 5.73 Å². The predicted octanol–water partition coefficient (Wildman–Crippen LogP) is 2.99. The van der Waals surface area contributed by atoms with E-state index in [0.29, 0.717) is 6.42 Å². The van der Waals surface area contributed by atoms with Crippen LogP contribution in [0.4, 0.5) is 0 Å². The molecule has 0 rings (SSSR count). The van der Waals surface area contributed by atoms with Crippen LogP contribution in [0.1, 0.15) is 58.8 Å². The zero-order valence-corrected chi connectivity index (χ0v) is 10.8. The molecule has 1 atom stereocenters. The van der Waals surface area contributed by atoms with Gasteiger partial charge in [-0.05, 0) is 26.2 Å². The Bertz CT molecular complexity index is 197. The van der Waals surface area contributed by atoms with Gasteiger partial charge in [-0.15, -0.1) is 0 Å². The van der Waals surface area contributed by atoms with Crippen molar-refractivity contribution in [3.05, 3.63) is 0 Å². The molecule has 0 radical (unpaired) electrons. The van der Waals surface area contributed by atoms with Crippen LogP contribution in [0.5, 0.6) is 0 Å². The number of unbranched alkanes of at least 4 members (excludes halogenated alkanes) is 4. The second kappa shape index (κ2) is 9.62. The van der Waals surface area contributed by atoms with Crippen molar-refractivity contribution in [1.82, 2.24) is 0 Å². The Morgan fingerprint density at radius 1 is 1.12 bits per heavy atom. The molecule has 0 aliphatic carbocycles. The monoisotopic (exact) mass is 226 g/mol. The first-order valence-corrected chi connectivity index (χ1v) is 6.40. The molecule has 0 fully saturated rings. The molecule has 0 heterocycles. The topological polar surface area (TPSA) is 59.0 Å². The normalized spacial score (nSPS) is 14.4. The molecule has 0 aromatic rings. The number of nitriles is 1. The first-order valence-electron chi connectivity index (χ1n) is 6.40. The van der Waals surface area contributed by atoms with Crippen LogP contribution in [0.2, 0.25) is 0 Å². The van der Waals surface area contributed by atoms with Crippen LogP contribution in [-0.4, -0.2) is 18.8 Å². The van der Waals surface area contributed by atoms with E-state index in [9.17, 15) is 0 Å². The van der Waals surface area contributed by atoms with Gasteiger partial charge in [-0.2, -0.15) is 5.26 Å². The van der Waals surface area contributed by atoms with E-state index in [0.717, 1.165) is 26.1 Å². The average Bonchev–Trinajstić information content (AvgIpc) is 2.27. The van der Waals surface area contributed by atoms with E-state index < -0.39 is 5.54 Å². The molecule has 94 valence electrons. The van der Waals surface area contributed by atoms with Crippen LogP contribution in [-0.2, 0) is 4.74 Å². The maximum atomic E-state index is 8.70. The third-order valence-corrected chi connectivity index (χ3v) is 2.63. The SMILES string of the molecule is CCCCCCCOCCCC(C)(N)C#N. The lowest BCUT2D eigenvalue weighted by Gasteiger charge is -2.14. The van der Waals surface area contributed by atoms with E-state index >= 15 is 0 Å². The number of rotatable bonds is 10.